The molecule has 1 saturated heterocycles. The Balaban J connectivity index is 1.91. The number of hydrogen-bond acceptors (Lipinski definition) is 3. The number of carbonyl (C=O) groups is 1. The van der Waals surface area contributed by atoms with E-state index in [2.05, 4.69) is 23.8 Å². The van der Waals surface area contributed by atoms with Gasteiger partial charge in [-0.05, 0) is 42.7 Å². The van der Waals surface area contributed by atoms with Gasteiger partial charge >= 0.3 is 12.4 Å². The van der Waals surface area contributed by atoms with Gasteiger partial charge in [-0.2, -0.15) is 26.3 Å². The van der Waals surface area contributed by atoms with Crippen LogP contribution in [0.5, 0.6) is 0 Å². The fourth-order valence-corrected chi connectivity index (χ4v) is 4.20. The van der Waals surface area contributed by atoms with Crippen LogP contribution in [0, 0.1) is 0 Å². The molecule has 4 nitrogen and oxygen atoms in total. The standard InChI is InChI=1S/C27H28F6N2O2/c1-4-24(12-11-23(36)35-24)16-34-25(5-2,20-9-7-6-8-10-20)17-37-18(3)19-13-21(26(28,29)30)15-22(14-19)27(31,32)33/h4-10,13-15,18,34H,1-2,11-12,16-17H2,3H3,(H,35,36)/t18?,24?,25-/m1/s1. The number of halogens is 6. The zero-order chi connectivity index (χ0) is 27.5. The summed E-state index contributed by atoms with van der Waals surface area (Å²) in [4.78, 5) is 11.9. The van der Waals surface area contributed by atoms with E-state index in [1.807, 2.05) is 0 Å². The van der Waals surface area contributed by atoms with Crippen molar-refractivity contribution in [1.82, 2.24) is 10.6 Å². The molecular weight excluding hydrogens is 498 g/mol. The van der Waals surface area contributed by atoms with Gasteiger partial charge in [0.05, 0.1) is 34.9 Å². The molecule has 2 aromatic rings. The lowest BCUT2D eigenvalue weighted by molar-refractivity contribution is -0.143. The summed E-state index contributed by atoms with van der Waals surface area (Å²) in [5.41, 5.74) is -4.18. The van der Waals surface area contributed by atoms with E-state index in [0.717, 1.165) is 0 Å². The maximum absolute atomic E-state index is 13.3. The molecule has 0 aliphatic carbocycles. The van der Waals surface area contributed by atoms with Crippen molar-refractivity contribution in [2.45, 2.75) is 49.3 Å². The van der Waals surface area contributed by atoms with Gasteiger partial charge in [-0.1, -0.05) is 42.5 Å². The van der Waals surface area contributed by atoms with Gasteiger partial charge in [-0.25, -0.2) is 0 Å². The second kappa shape index (κ2) is 10.7. The minimum absolute atomic E-state index is 0.0837. The molecule has 0 aromatic heterocycles. The predicted octanol–water partition coefficient (Wildman–Crippen LogP) is 6.31. The summed E-state index contributed by atoms with van der Waals surface area (Å²) in [6, 6.07) is 10.3. The summed E-state index contributed by atoms with van der Waals surface area (Å²) >= 11 is 0. The normalized spacial score (nSPS) is 20.7. The third kappa shape index (κ3) is 6.61. The highest BCUT2D eigenvalue weighted by Gasteiger charge is 2.40. The van der Waals surface area contributed by atoms with Gasteiger partial charge in [0.15, 0.2) is 0 Å². The molecule has 2 aromatic carbocycles. The van der Waals surface area contributed by atoms with Crippen LogP contribution < -0.4 is 10.6 Å². The monoisotopic (exact) mass is 526 g/mol. The van der Waals surface area contributed by atoms with E-state index in [1.54, 1.807) is 42.5 Å². The SMILES string of the molecule is C=CC1(CN[C@](C=C)(COC(C)c2cc(C(F)(F)F)cc(C(F)(F)F)c2)c2ccccc2)CCC(=O)N1. The Hall–Kier alpha value is -3.11. The van der Waals surface area contributed by atoms with E-state index >= 15 is 0 Å². The Bertz CT molecular complexity index is 1100. The smallest absolute Gasteiger partial charge is 0.371 e. The quantitative estimate of drug-likeness (QED) is 0.282. The zero-order valence-electron chi connectivity index (χ0n) is 20.2. The van der Waals surface area contributed by atoms with Crippen LogP contribution in [0.2, 0.25) is 0 Å². The summed E-state index contributed by atoms with van der Waals surface area (Å²) in [5, 5.41) is 6.23. The third-order valence-electron chi connectivity index (χ3n) is 6.57. The second-order valence-corrected chi connectivity index (χ2v) is 9.10. The molecule has 2 N–H and O–H groups in total. The first-order valence-electron chi connectivity index (χ1n) is 11.5. The van der Waals surface area contributed by atoms with Gasteiger partial charge in [-0.15, -0.1) is 13.2 Å². The van der Waals surface area contributed by atoms with Crippen molar-refractivity contribution in [3.63, 3.8) is 0 Å². The molecule has 1 fully saturated rings. The van der Waals surface area contributed by atoms with Crippen LogP contribution >= 0.6 is 0 Å². The molecule has 2 unspecified atom stereocenters. The first kappa shape index (κ1) is 28.5. The Morgan fingerprint density at radius 1 is 1.03 bits per heavy atom. The van der Waals surface area contributed by atoms with E-state index in [-0.39, 0.29) is 30.7 Å². The number of rotatable bonds is 10. The van der Waals surface area contributed by atoms with Gasteiger partial charge in [0, 0.05) is 13.0 Å². The average molecular weight is 527 g/mol. The van der Waals surface area contributed by atoms with Crippen LogP contribution in [0.1, 0.15) is 48.1 Å². The van der Waals surface area contributed by atoms with Gasteiger partial charge in [-0.3, -0.25) is 10.1 Å². The van der Waals surface area contributed by atoms with Gasteiger partial charge < -0.3 is 10.1 Å². The Morgan fingerprint density at radius 2 is 1.62 bits per heavy atom. The third-order valence-corrected chi connectivity index (χ3v) is 6.57. The fraction of sp³-hybridized carbons (Fsp3) is 0.370. The minimum Gasteiger partial charge on any atom is -0.371 e. The topological polar surface area (TPSA) is 50.4 Å². The van der Waals surface area contributed by atoms with E-state index in [1.165, 1.54) is 6.92 Å². The number of amides is 1. The van der Waals surface area contributed by atoms with Crippen LogP contribution in [0.4, 0.5) is 26.3 Å². The molecule has 0 bridgehead atoms. The summed E-state index contributed by atoms with van der Waals surface area (Å²) in [7, 11) is 0. The summed E-state index contributed by atoms with van der Waals surface area (Å²) in [5.74, 6) is -0.125. The molecular formula is C27H28F6N2O2. The van der Waals surface area contributed by atoms with Crippen molar-refractivity contribution in [2.24, 2.45) is 0 Å². The summed E-state index contributed by atoms with van der Waals surface area (Å²) < 4.78 is 85.9. The van der Waals surface area contributed by atoms with E-state index in [0.29, 0.717) is 30.5 Å². The van der Waals surface area contributed by atoms with Crippen molar-refractivity contribution >= 4 is 5.91 Å². The summed E-state index contributed by atoms with van der Waals surface area (Å²) in [6.45, 7) is 9.19. The Kier molecular flexibility index (Phi) is 8.24. The largest absolute Gasteiger partial charge is 0.416 e. The first-order valence-corrected chi connectivity index (χ1v) is 11.5. The first-order chi connectivity index (χ1) is 17.2. The van der Waals surface area contributed by atoms with Gasteiger partial charge in [0.2, 0.25) is 5.91 Å². The molecule has 1 heterocycles. The Labute approximate surface area is 211 Å². The van der Waals surface area contributed by atoms with Crippen molar-refractivity contribution in [3.05, 3.63) is 96.1 Å². The lowest BCUT2D eigenvalue weighted by atomic mass is 9.88. The maximum atomic E-state index is 13.3. The lowest BCUT2D eigenvalue weighted by Gasteiger charge is -2.37. The minimum atomic E-state index is -4.96. The fourth-order valence-electron chi connectivity index (χ4n) is 4.20. The summed E-state index contributed by atoms with van der Waals surface area (Å²) in [6.07, 6.45) is -7.01. The van der Waals surface area contributed by atoms with Gasteiger partial charge in [0.1, 0.15) is 0 Å². The number of nitrogens with one attached hydrogen (secondary N) is 2. The molecule has 1 aliphatic rings. The van der Waals surface area contributed by atoms with Crippen LogP contribution in [-0.4, -0.2) is 24.6 Å². The van der Waals surface area contributed by atoms with Crippen molar-refractivity contribution in [2.75, 3.05) is 13.2 Å². The van der Waals surface area contributed by atoms with Crippen LogP contribution in [0.3, 0.4) is 0 Å². The molecule has 37 heavy (non-hydrogen) atoms. The van der Waals surface area contributed by atoms with E-state index in [9.17, 15) is 31.1 Å². The number of carbonyl (C=O) groups excluding carboxylic acids is 1. The maximum Gasteiger partial charge on any atom is 0.416 e. The number of alkyl halides is 6. The number of benzene rings is 2. The van der Waals surface area contributed by atoms with Gasteiger partial charge in [0.25, 0.3) is 0 Å². The molecule has 10 heteroatoms. The van der Waals surface area contributed by atoms with E-state index < -0.39 is 40.7 Å². The molecule has 200 valence electrons. The van der Waals surface area contributed by atoms with E-state index in [4.69, 9.17) is 4.74 Å². The van der Waals surface area contributed by atoms with Crippen molar-refractivity contribution in [3.8, 4) is 0 Å². The zero-order valence-corrected chi connectivity index (χ0v) is 20.2. The highest BCUT2D eigenvalue weighted by molar-refractivity contribution is 5.80. The second-order valence-electron chi connectivity index (χ2n) is 9.10. The van der Waals surface area contributed by atoms with Crippen LogP contribution in [0.15, 0.2) is 73.8 Å². The predicted molar refractivity (Wildman–Crippen MR) is 127 cm³/mol. The lowest BCUT2D eigenvalue weighted by Crippen LogP contribution is -2.55. The molecule has 0 saturated carbocycles. The molecule has 0 spiro atoms. The molecule has 3 rings (SSSR count). The number of ether oxygens (including phenoxy) is 1. The highest BCUT2D eigenvalue weighted by Crippen LogP contribution is 2.38. The van der Waals surface area contributed by atoms with Crippen LogP contribution in [-0.2, 0) is 27.4 Å². The average Bonchev–Trinajstić information content (AvgIpc) is 3.24. The van der Waals surface area contributed by atoms with Crippen molar-refractivity contribution in [1.29, 1.82) is 0 Å². The highest BCUT2D eigenvalue weighted by atomic mass is 19.4. The van der Waals surface area contributed by atoms with Crippen LogP contribution in [0.25, 0.3) is 0 Å². The Morgan fingerprint density at radius 3 is 2.08 bits per heavy atom. The number of hydrogen-bond donors (Lipinski definition) is 2. The molecule has 0 radical (unpaired) electrons. The van der Waals surface area contributed by atoms with Crippen molar-refractivity contribution < 1.29 is 35.9 Å². The molecule has 1 amide bonds. The molecule has 1 aliphatic heterocycles. The molecule has 3 atom stereocenters.